The summed E-state index contributed by atoms with van der Waals surface area (Å²) >= 11 is 3.44. The Morgan fingerprint density at radius 1 is 1.47 bits per heavy atom. The lowest BCUT2D eigenvalue weighted by Gasteiger charge is -2.35. The molecule has 1 aliphatic carbocycles. The van der Waals surface area contributed by atoms with E-state index in [1.807, 2.05) is 6.07 Å². The summed E-state index contributed by atoms with van der Waals surface area (Å²) in [5.74, 6) is 0.724. The van der Waals surface area contributed by atoms with E-state index in [0.717, 1.165) is 41.8 Å². The molecule has 1 saturated carbocycles. The lowest BCUT2D eigenvalue weighted by molar-refractivity contribution is 0.00500. The van der Waals surface area contributed by atoms with Gasteiger partial charge in [0.1, 0.15) is 0 Å². The van der Waals surface area contributed by atoms with Crippen LogP contribution in [0.15, 0.2) is 22.7 Å². The molecule has 0 bridgehead atoms. The van der Waals surface area contributed by atoms with Gasteiger partial charge < -0.3 is 10.4 Å². The number of hydrogen-bond acceptors (Lipinski definition) is 3. The van der Waals surface area contributed by atoms with Crippen molar-refractivity contribution in [1.29, 1.82) is 5.26 Å². The van der Waals surface area contributed by atoms with E-state index in [-0.39, 0.29) is 0 Å². The Labute approximate surface area is 122 Å². The van der Waals surface area contributed by atoms with Crippen LogP contribution in [0.25, 0.3) is 0 Å². The Morgan fingerprint density at radius 2 is 2.16 bits per heavy atom. The molecule has 0 saturated heterocycles. The summed E-state index contributed by atoms with van der Waals surface area (Å²) in [7, 11) is 0. The lowest BCUT2D eigenvalue weighted by Crippen LogP contribution is -2.40. The van der Waals surface area contributed by atoms with Crippen LogP contribution in [-0.4, -0.2) is 17.3 Å². The molecule has 2 rings (SSSR count). The van der Waals surface area contributed by atoms with Gasteiger partial charge in [0.2, 0.25) is 0 Å². The average Bonchev–Trinajstić information content (AvgIpc) is 2.41. The molecular formula is C15H19BrN2O. The summed E-state index contributed by atoms with van der Waals surface area (Å²) in [5, 5.41) is 22.6. The normalized spacial score (nSPS) is 26.7. The Balaban J connectivity index is 1.97. The Hall–Kier alpha value is -1.05. The minimum atomic E-state index is -0.597. The van der Waals surface area contributed by atoms with E-state index in [2.05, 4.69) is 34.2 Å². The molecule has 0 aliphatic heterocycles. The standard InChI is InChI=1S/C15H19BrN2O/c1-11-4-6-15(19,7-5-11)10-18-14-3-2-12(9-17)8-13(14)16/h2-3,8,11,18-19H,4-7,10H2,1H3. The van der Waals surface area contributed by atoms with Gasteiger partial charge in [-0.2, -0.15) is 5.26 Å². The highest BCUT2D eigenvalue weighted by Crippen LogP contribution is 2.32. The summed E-state index contributed by atoms with van der Waals surface area (Å²) in [6.45, 7) is 2.80. The van der Waals surface area contributed by atoms with Crippen molar-refractivity contribution in [1.82, 2.24) is 0 Å². The zero-order valence-corrected chi connectivity index (χ0v) is 12.7. The highest BCUT2D eigenvalue weighted by Gasteiger charge is 2.31. The predicted molar refractivity (Wildman–Crippen MR) is 79.9 cm³/mol. The third kappa shape index (κ3) is 3.71. The molecule has 0 heterocycles. The predicted octanol–water partition coefficient (Wildman–Crippen LogP) is 3.67. The number of rotatable bonds is 3. The fraction of sp³-hybridized carbons (Fsp3) is 0.533. The van der Waals surface area contributed by atoms with Gasteiger partial charge in [-0.05, 0) is 65.7 Å². The Morgan fingerprint density at radius 3 is 2.74 bits per heavy atom. The second kappa shape index (κ2) is 5.94. The molecule has 2 N–H and O–H groups in total. The largest absolute Gasteiger partial charge is 0.388 e. The molecule has 19 heavy (non-hydrogen) atoms. The van der Waals surface area contributed by atoms with E-state index in [1.54, 1.807) is 12.1 Å². The molecule has 1 fully saturated rings. The fourth-order valence-corrected chi connectivity index (χ4v) is 2.98. The minimum Gasteiger partial charge on any atom is -0.388 e. The first-order valence-corrected chi connectivity index (χ1v) is 7.48. The molecule has 102 valence electrons. The van der Waals surface area contributed by atoms with Crippen LogP contribution in [0.2, 0.25) is 0 Å². The maximum Gasteiger partial charge on any atom is 0.0992 e. The number of anilines is 1. The molecule has 3 nitrogen and oxygen atoms in total. The molecule has 0 aromatic heterocycles. The van der Waals surface area contributed by atoms with Crippen molar-refractivity contribution in [2.75, 3.05) is 11.9 Å². The van der Waals surface area contributed by atoms with Crippen LogP contribution >= 0.6 is 15.9 Å². The Kier molecular flexibility index (Phi) is 4.49. The number of nitrogens with one attached hydrogen (secondary N) is 1. The molecule has 1 aliphatic rings. The van der Waals surface area contributed by atoms with Crippen molar-refractivity contribution in [2.24, 2.45) is 5.92 Å². The van der Waals surface area contributed by atoms with E-state index in [4.69, 9.17) is 5.26 Å². The van der Waals surface area contributed by atoms with E-state index in [1.165, 1.54) is 0 Å². The smallest absolute Gasteiger partial charge is 0.0992 e. The molecule has 0 unspecified atom stereocenters. The monoisotopic (exact) mass is 322 g/mol. The Bertz CT molecular complexity index is 487. The average molecular weight is 323 g/mol. The topological polar surface area (TPSA) is 56.0 Å². The number of nitriles is 1. The lowest BCUT2D eigenvalue weighted by atomic mass is 9.79. The van der Waals surface area contributed by atoms with Crippen molar-refractivity contribution in [3.05, 3.63) is 28.2 Å². The molecule has 0 spiro atoms. The molecule has 1 aromatic carbocycles. The van der Waals surface area contributed by atoms with Gasteiger partial charge in [0.05, 0.1) is 17.2 Å². The number of nitrogens with zero attached hydrogens (tertiary/aromatic N) is 1. The van der Waals surface area contributed by atoms with Gasteiger partial charge in [-0.25, -0.2) is 0 Å². The third-order valence-electron chi connectivity index (χ3n) is 3.91. The second-order valence-corrected chi connectivity index (χ2v) is 6.42. The van der Waals surface area contributed by atoms with Crippen molar-refractivity contribution >= 4 is 21.6 Å². The van der Waals surface area contributed by atoms with Gasteiger partial charge in [0.25, 0.3) is 0 Å². The third-order valence-corrected chi connectivity index (χ3v) is 4.57. The van der Waals surface area contributed by atoms with Crippen LogP contribution in [0, 0.1) is 17.2 Å². The van der Waals surface area contributed by atoms with Gasteiger partial charge in [-0.1, -0.05) is 6.92 Å². The second-order valence-electron chi connectivity index (χ2n) is 5.57. The quantitative estimate of drug-likeness (QED) is 0.892. The van der Waals surface area contributed by atoms with Crippen LogP contribution in [0.4, 0.5) is 5.69 Å². The minimum absolute atomic E-state index is 0.560. The number of benzene rings is 1. The molecular weight excluding hydrogens is 304 g/mol. The van der Waals surface area contributed by atoms with Crippen LogP contribution in [0.1, 0.15) is 38.2 Å². The highest BCUT2D eigenvalue weighted by atomic mass is 79.9. The maximum absolute atomic E-state index is 10.5. The summed E-state index contributed by atoms with van der Waals surface area (Å²) in [6.07, 6.45) is 3.89. The molecule has 1 aromatic rings. The van der Waals surface area contributed by atoms with Crippen molar-refractivity contribution in [3.8, 4) is 6.07 Å². The molecule has 0 atom stereocenters. The number of halogens is 1. The van der Waals surface area contributed by atoms with E-state index >= 15 is 0 Å². The first-order chi connectivity index (χ1) is 9.02. The van der Waals surface area contributed by atoms with Crippen LogP contribution in [-0.2, 0) is 0 Å². The zero-order valence-electron chi connectivity index (χ0n) is 11.1. The van der Waals surface area contributed by atoms with E-state index < -0.39 is 5.60 Å². The zero-order chi connectivity index (χ0) is 13.9. The molecule has 0 amide bonds. The van der Waals surface area contributed by atoms with E-state index in [9.17, 15) is 5.11 Å². The first-order valence-electron chi connectivity index (χ1n) is 6.68. The van der Waals surface area contributed by atoms with Crippen molar-refractivity contribution in [2.45, 2.75) is 38.2 Å². The molecule has 0 radical (unpaired) electrons. The van der Waals surface area contributed by atoms with Gasteiger partial charge in [-0.15, -0.1) is 0 Å². The summed E-state index contributed by atoms with van der Waals surface area (Å²) in [5.41, 5.74) is 0.952. The van der Waals surface area contributed by atoms with Crippen LogP contribution in [0.5, 0.6) is 0 Å². The maximum atomic E-state index is 10.5. The highest BCUT2D eigenvalue weighted by molar-refractivity contribution is 9.10. The van der Waals surface area contributed by atoms with Crippen LogP contribution < -0.4 is 5.32 Å². The summed E-state index contributed by atoms with van der Waals surface area (Å²) in [6, 6.07) is 7.54. The fourth-order valence-electron chi connectivity index (χ4n) is 2.46. The number of hydrogen-bond donors (Lipinski definition) is 2. The summed E-state index contributed by atoms with van der Waals surface area (Å²) < 4.78 is 0.860. The molecule has 4 heteroatoms. The van der Waals surface area contributed by atoms with Crippen LogP contribution in [0.3, 0.4) is 0 Å². The van der Waals surface area contributed by atoms with Crippen molar-refractivity contribution in [3.63, 3.8) is 0 Å². The van der Waals surface area contributed by atoms with Gasteiger partial charge in [-0.3, -0.25) is 0 Å². The number of aliphatic hydroxyl groups is 1. The SMILES string of the molecule is CC1CCC(O)(CNc2ccc(C#N)cc2Br)CC1. The first kappa shape index (κ1) is 14.4. The summed E-state index contributed by atoms with van der Waals surface area (Å²) in [4.78, 5) is 0. The van der Waals surface area contributed by atoms with E-state index in [0.29, 0.717) is 12.1 Å². The van der Waals surface area contributed by atoms with Gasteiger partial charge >= 0.3 is 0 Å². The van der Waals surface area contributed by atoms with Gasteiger partial charge in [0, 0.05) is 16.7 Å². The van der Waals surface area contributed by atoms with Gasteiger partial charge in [0.15, 0.2) is 0 Å². The van der Waals surface area contributed by atoms with Crippen molar-refractivity contribution < 1.29 is 5.11 Å².